The number of pyridine rings is 1. The number of rotatable bonds is 5. The number of methoxy groups -OCH3 is 1. The van der Waals surface area contributed by atoms with Crippen LogP contribution in [0.3, 0.4) is 0 Å². The summed E-state index contributed by atoms with van der Waals surface area (Å²) in [7, 11) is 1.68. The van der Waals surface area contributed by atoms with Gasteiger partial charge >= 0.3 is 0 Å². The van der Waals surface area contributed by atoms with Gasteiger partial charge in [0.25, 0.3) is 0 Å². The van der Waals surface area contributed by atoms with E-state index in [0.29, 0.717) is 18.4 Å². The van der Waals surface area contributed by atoms with Gasteiger partial charge in [-0.2, -0.15) is 0 Å². The second-order valence-corrected chi connectivity index (χ2v) is 7.64. The highest BCUT2D eigenvalue weighted by Crippen LogP contribution is 2.37. The molecule has 0 amide bonds. The number of hydrogen-bond acceptors (Lipinski definition) is 4. The fraction of sp³-hybridized carbons (Fsp3) is 0.500. The molecule has 138 valence electrons. The van der Waals surface area contributed by atoms with Crippen molar-refractivity contribution in [3.8, 4) is 5.75 Å². The van der Waals surface area contributed by atoms with E-state index in [1.807, 2.05) is 30.5 Å². The van der Waals surface area contributed by atoms with Gasteiger partial charge in [0, 0.05) is 42.6 Å². The molecule has 4 rings (SSSR count). The SMILES string of the molecule is C=CC1CN2C1CCCCC2[C@@H](O)Cc1ccnc2ccc(OC)cc12. The van der Waals surface area contributed by atoms with Crippen LogP contribution >= 0.6 is 0 Å². The Bertz CT molecular complexity index is 791. The van der Waals surface area contributed by atoms with E-state index in [1.54, 1.807) is 7.11 Å². The van der Waals surface area contributed by atoms with Crippen LogP contribution in [0.5, 0.6) is 5.75 Å². The lowest BCUT2D eigenvalue weighted by molar-refractivity contribution is -0.0485. The molecule has 1 aromatic heterocycles. The molecule has 3 unspecified atom stereocenters. The van der Waals surface area contributed by atoms with Gasteiger partial charge in [-0.15, -0.1) is 6.58 Å². The maximum atomic E-state index is 11.1. The zero-order valence-electron chi connectivity index (χ0n) is 15.5. The van der Waals surface area contributed by atoms with Crippen molar-refractivity contribution >= 4 is 10.9 Å². The Balaban J connectivity index is 1.57. The van der Waals surface area contributed by atoms with E-state index in [2.05, 4.69) is 22.5 Å². The van der Waals surface area contributed by atoms with Crippen LogP contribution in [0, 0.1) is 5.92 Å². The predicted octanol–water partition coefficient (Wildman–Crippen LogP) is 3.58. The van der Waals surface area contributed by atoms with E-state index in [-0.39, 0.29) is 12.1 Å². The van der Waals surface area contributed by atoms with Crippen molar-refractivity contribution in [2.45, 2.75) is 50.3 Å². The van der Waals surface area contributed by atoms with Crippen LogP contribution in [-0.4, -0.2) is 46.8 Å². The molecule has 4 heteroatoms. The Hall–Kier alpha value is -1.91. The Morgan fingerprint density at radius 3 is 3.00 bits per heavy atom. The highest BCUT2D eigenvalue weighted by molar-refractivity contribution is 5.83. The van der Waals surface area contributed by atoms with Crippen molar-refractivity contribution in [3.05, 3.63) is 48.7 Å². The van der Waals surface area contributed by atoms with E-state index in [0.717, 1.165) is 35.2 Å². The Morgan fingerprint density at radius 2 is 2.19 bits per heavy atom. The third kappa shape index (κ3) is 3.12. The van der Waals surface area contributed by atoms with E-state index >= 15 is 0 Å². The van der Waals surface area contributed by atoms with Gasteiger partial charge in [0.2, 0.25) is 0 Å². The first kappa shape index (κ1) is 17.5. The largest absolute Gasteiger partial charge is 0.497 e. The van der Waals surface area contributed by atoms with E-state index < -0.39 is 0 Å². The molecule has 0 saturated carbocycles. The number of aromatic nitrogens is 1. The van der Waals surface area contributed by atoms with Crippen molar-refractivity contribution in [2.75, 3.05) is 13.7 Å². The molecule has 3 heterocycles. The van der Waals surface area contributed by atoms with Gasteiger partial charge in [0.1, 0.15) is 5.75 Å². The molecule has 4 atom stereocenters. The van der Waals surface area contributed by atoms with Crippen molar-refractivity contribution in [1.82, 2.24) is 9.88 Å². The number of fused-ring (bicyclic) bond motifs is 2. The van der Waals surface area contributed by atoms with Gasteiger partial charge < -0.3 is 9.84 Å². The molecule has 2 aliphatic rings. The molecule has 0 radical (unpaired) electrons. The minimum absolute atomic E-state index is 0.243. The minimum atomic E-state index is -0.363. The summed E-state index contributed by atoms with van der Waals surface area (Å²) in [5.41, 5.74) is 2.09. The predicted molar refractivity (Wildman–Crippen MR) is 104 cm³/mol. The first-order valence-corrected chi connectivity index (χ1v) is 9.69. The highest BCUT2D eigenvalue weighted by atomic mass is 16.5. The second-order valence-electron chi connectivity index (χ2n) is 7.64. The zero-order chi connectivity index (χ0) is 18.1. The van der Waals surface area contributed by atoms with Crippen LogP contribution in [0.25, 0.3) is 10.9 Å². The average molecular weight is 352 g/mol. The number of nitrogens with zero attached hydrogens (tertiary/aromatic N) is 2. The monoisotopic (exact) mass is 352 g/mol. The topological polar surface area (TPSA) is 45.6 Å². The summed E-state index contributed by atoms with van der Waals surface area (Å²) < 4.78 is 5.37. The molecule has 4 nitrogen and oxygen atoms in total. The lowest BCUT2D eigenvalue weighted by Crippen LogP contribution is -2.61. The summed E-state index contributed by atoms with van der Waals surface area (Å²) in [6.45, 7) is 5.03. The Labute approximate surface area is 155 Å². The van der Waals surface area contributed by atoms with Crippen LogP contribution in [0.4, 0.5) is 0 Å². The zero-order valence-corrected chi connectivity index (χ0v) is 15.5. The molecular formula is C22H28N2O2. The molecule has 1 N–H and O–H groups in total. The average Bonchev–Trinajstić information content (AvgIpc) is 2.81. The molecule has 0 spiro atoms. The standard InChI is InChI=1S/C22H28N2O2/c1-3-15-14-24-20(15)6-4-5-7-21(24)22(25)12-16-10-11-23-19-9-8-17(26-2)13-18(16)19/h3,8-11,13,15,20-22,25H,1,4-7,12,14H2,2H3/t15?,20?,21?,22-/m0/s1. The van der Waals surface area contributed by atoms with Crippen LogP contribution in [0.2, 0.25) is 0 Å². The molecule has 2 fully saturated rings. The third-order valence-electron chi connectivity index (χ3n) is 6.23. The third-order valence-corrected chi connectivity index (χ3v) is 6.23. The molecule has 0 bridgehead atoms. The smallest absolute Gasteiger partial charge is 0.119 e. The van der Waals surface area contributed by atoms with Crippen LogP contribution in [-0.2, 0) is 6.42 Å². The van der Waals surface area contributed by atoms with E-state index in [9.17, 15) is 5.11 Å². The van der Waals surface area contributed by atoms with Crippen LogP contribution in [0.15, 0.2) is 43.1 Å². The maximum Gasteiger partial charge on any atom is 0.119 e. The molecular weight excluding hydrogens is 324 g/mol. The first-order chi connectivity index (χ1) is 12.7. The summed E-state index contributed by atoms with van der Waals surface area (Å²) in [6.07, 6.45) is 8.98. The maximum absolute atomic E-state index is 11.1. The molecule has 0 aliphatic carbocycles. The normalized spacial score (nSPS) is 27.2. The van der Waals surface area contributed by atoms with Crippen molar-refractivity contribution in [1.29, 1.82) is 0 Å². The molecule has 2 saturated heterocycles. The quantitative estimate of drug-likeness (QED) is 0.836. The molecule has 2 aromatic rings. The minimum Gasteiger partial charge on any atom is -0.497 e. The number of benzene rings is 1. The van der Waals surface area contributed by atoms with Gasteiger partial charge in [-0.3, -0.25) is 9.88 Å². The summed E-state index contributed by atoms with van der Waals surface area (Å²) in [5.74, 6) is 1.42. The number of ether oxygens (including phenoxy) is 1. The number of aliphatic hydroxyl groups excluding tert-OH is 1. The summed E-state index contributed by atoms with van der Waals surface area (Å²) in [6, 6.07) is 8.78. The Kier molecular flexibility index (Phi) is 4.96. The van der Waals surface area contributed by atoms with Gasteiger partial charge in [-0.1, -0.05) is 18.9 Å². The fourth-order valence-electron chi connectivity index (χ4n) is 4.74. The Morgan fingerprint density at radius 1 is 1.35 bits per heavy atom. The summed E-state index contributed by atoms with van der Waals surface area (Å²) in [4.78, 5) is 6.97. The lowest BCUT2D eigenvalue weighted by Gasteiger charge is -2.51. The van der Waals surface area contributed by atoms with E-state index in [4.69, 9.17) is 4.74 Å². The fourth-order valence-corrected chi connectivity index (χ4v) is 4.74. The van der Waals surface area contributed by atoms with E-state index in [1.165, 1.54) is 19.3 Å². The van der Waals surface area contributed by atoms with Gasteiger partial charge in [0.05, 0.1) is 18.7 Å². The molecule has 26 heavy (non-hydrogen) atoms. The van der Waals surface area contributed by atoms with Crippen molar-refractivity contribution in [3.63, 3.8) is 0 Å². The summed E-state index contributed by atoms with van der Waals surface area (Å²) >= 11 is 0. The molecule has 1 aromatic carbocycles. The van der Waals surface area contributed by atoms with Gasteiger partial charge in [-0.25, -0.2) is 0 Å². The first-order valence-electron chi connectivity index (χ1n) is 9.69. The van der Waals surface area contributed by atoms with Crippen LogP contribution in [0.1, 0.15) is 31.2 Å². The van der Waals surface area contributed by atoms with Crippen molar-refractivity contribution < 1.29 is 9.84 Å². The second kappa shape index (κ2) is 7.37. The highest BCUT2D eigenvalue weighted by Gasteiger charge is 2.43. The number of hydrogen-bond donors (Lipinski definition) is 1. The van der Waals surface area contributed by atoms with Gasteiger partial charge in [0.15, 0.2) is 0 Å². The van der Waals surface area contributed by atoms with Crippen LogP contribution < -0.4 is 4.74 Å². The van der Waals surface area contributed by atoms with Gasteiger partial charge in [-0.05, 0) is 42.7 Å². The lowest BCUT2D eigenvalue weighted by atomic mass is 9.83. The van der Waals surface area contributed by atoms with Crippen molar-refractivity contribution in [2.24, 2.45) is 5.92 Å². The number of aliphatic hydroxyl groups is 1. The molecule has 2 aliphatic heterocycles. The summed E-state index contributed by atoms with van der Waals surface area (Å²) in [5, 5.41) is 12.2.